The van der Waals surface area contributed by atoms with Gasteiger partial charge in [-0.25, -0.2) is 0 Å². The molecule has 5 heteroatoms. The third-order valence-corrected chi connectivity index (χ3v) is 2.84. The van der Waals surface area contributed by atoms with Crippen molar-refractivity contribution in [2.45, 2.75) is 38.8 Å². The molecule has 0 aliphatic heterocycles. The van der Waals surface area contributed by atoms with Gasteiger partial charge in [0.1, 0.15) is 0 Å². The zero-order valence-corrected chi connectivity index (χ0v) is 11.7. The SMILES string of the molecule is CCCC(CCNCc1ccccc1)ON(C)N=O. The second-order valence-corrected chi connectivity index (χ2v) is 4.51. The fraction of sp³-hybridized carbons (Fsp3) is 0.571. The summed E-state index contributed by atoms with van der Waals surface area (Å²) in [6.07, 6.45) is 2.85. The Morgan fingerprint density at radius 2 is 2.05 bits per heavy atom. The highest BCUT2D eigenvalue weighted by Gasteiger charge is 2.11. The highest BCUT2D eigenvalue weighted by atomic mass is 16.7. The first-order valence-corrected chi connectivity index (χ1v) is 6.74. The van der Waals surface area contributed by atoms with Crippen molar-refractivity contribution in [1.29, 1.82) is 0 Å². The average Bonchev–Trinajstić information content (AvgIpc) is 2.44. The molecule has 0 amide bonds. The van der Waals surface area contributed by atoms with Gasteiger partial charge in [0, 0.05) is 6.54 Å². The molecule has 0 aliphatic rings. The van der Waals surface area contributed by atoms with E-state index in [0.29, 0.717) is 0 Å². The second kappa shape index (κ2) is 9.47. The fourth-order valence-electron chi connectivity index (χ4n) is 1.90. The van der Waals surface area contributed by atoms with E-state index >= 15 is 0 Å². The van der Waals surface area contributed by atoms with Crippen molar-refractivity contribution in [2.75, 3.05) is 13.6 Å². The summed E-state index contributed by atoms with van der Waals surface area (Å²) in [6.45, 7) is 3.80. The van der Waals surface area contributed by atoms with Gasteiger partial charge in [0.15, 0.2) is 0 Å². The van der Waals surface area contributed by atoms with E-state index in [9.17, 15) is 4.91 Å². The highest BCUT2D eigenvalue weighted by Crippen LogP contribution is 2.08. The summed E-state index contributed by atoms with van der Waals surface area (Å²) in [7, 11) is 1.52. The molecule has 0 saturated heterocycles. The summed E-state index contributed by atoms with van der Waals surface area (Å²) >= 11 is 0. The fourth-order valence-corrected chi connectivity index (χ4v) is 1.90. The minimum absolute atomic E-state index is 0.0379. The Kier molecular flexibility index (Phi) is 7.77. The van der Waals surface area contributed by atoms with Crippen molar-refractivity contribution in [3.05, 3.63) is 40.8 Å². The molecular weight excluding hydrogens is 242 g/mol. The molecule has 106 valence electrons. The Bertz CT molecular complexity index is 346. The third kappa shape index (κ3) is 6.88. The Labute approximate surface area is 114 Å². The summed E-state index contributed by atoms with van der Waals surface area (Å²) in [4.78, 5) is 15.7. The van der Waals surface area contributed by atoms with E-state index in [1.807, 2.05) is 18.2 Å². The summed E-state index contributed by atoms with van der Waals surface area (Å²) in [5.41, 5.74) is 1.27. The van der Waals surface area contributed by atoms with Crippen molar-refractivity contribution in [3.8, 4) is 0 Å². The summed E-state index contributed by atoms with van der Waals surface area (Å²) in [5.74, 6) is 0. The standard InChI is InChI=1S/C14H23N3O2/c1-3-7-14(19-17(2)16-18)10-11-15-12-13-8-5-4-6-9-13/h4-6,8-9,14-15H,3,7,10-12H2,1-2H3. The van der Waals surface area contributed by atoms with Crippen LogP contribution in [0, 0.1) is 4.91 Å². The van der Waals surface area contributed by atoms with Gasteiger partial charge in [-0.3, -0.25) is 4.84 Å². The lowest BCUT2D eigenvalue weighted by Crippen LogP contribution is -2.26. The molecule has 0 fully saturated rings. The monoisotopic (exact) mass is 265 g/mol. The quantitative estimate of drug-likeness (QED) is 0.401. The highest BCUT2D eigenvalue weighted by molar-refractivity contribution is 5.14. The molecule has 1 aromatic carbocycles. The number of nitrogens with zero attached hydrogens (tertiary/aromatic N) is 2. The van der Waals surface area contributed by atoms with Crippen LogP contribution in [0.4, 0.5) is 0 Å². The second-order valence-electron chi connectivity index (χ2n) is 4.51. The average molecular weight is 265 g/mol. The number of benzene rings is 1. The zero-order valence-electron chi connectivity index (χ0n) is 11.7. The first-order valence-electron chi connectivity index (χ1n) is 6.74. The number of hydrogen-bond acceptors (Lipinski definition) is 4. The van der Waals surface area contributed by atoms with Crippen molar-refractivity contribution >= 4 is 0 Å². The third-order valence-electron chi connectivity index (χ3n) is 2.84. The number of hydroxylamine groups is 1. The van der Waals surface area contributed by atoms with E-state index in [2.05, 4.69) is 29.7 Å². The molecule has 5 nitrogen and oxygen atoms in total. The normalized spacial score (nSPS) is 12.1. The number of nitroso groups, excluding NO2 is 1. The molecule has 1 N–H and O–H groups in total. The van der Waals surface area contributed by atoms with Crippen molar-refractivity contribution in [2.24, 2.45) is 5.29 Å². The Morgan fingerprint density at radius 3 is 2.68 bits per heavy atom. The molecule has 19 heavy (non-hydrogen) atoms. The number of rotatable bonds is 10. The lowest BCUT2D eigenvalue weighted by molar-refractivity contribution is -0.186. The van der Waals surface area contributed by atoms with E-state index in [0.717, 1.165) is 37.5 Å². The van der Waals surface area contributed by atoms with E-state index in [4.69, 9.17) is 4.84 Å². The van der Waals surface area contributed by atoms with Crippen LogP contribution in [0.1, 0.15) is 31.7 Å². The minimum atomic E-state index is 0.0379. The predicted molar refractivity (Wildman–Crippen MR) is 76.1 cm³/mol. The molecule has 0 heterocycles. The molecule has 0 aromatic heterocycles. The molecular formula is C14H23N3O2. The number of nitrogens with one attached hydrogen (secondary N) is 1. The van der Waals surface area contributed by atoms with E-state index < -0.39 is 0 Å². The summed E-state index contributed by atoms with van der Waals surface area (Å²) in [5, 5.41) is 7.10. The Hall–Kier alpha value is -1.46. The van der Waals surface area contributed by atoms with Gasteiger partial charge >= 0.3 is 0 Å². The van der Waals surface area contributed by atoms with Crippen LogP contribution in [-0.4, -0.2) is 24.9 Å². The van der Waals surface area contributed by atoms with Gasteiger partial charge in [-0.2, -0.15) is 0 Å². The molecule has 0 radical (unpaired) electrons. The van der Waals surface area contributed by atoms with Crippen LogP contribution in [0.5, 0.6) is 0 Å². The van der Waals surface area contributed by atoms with Gasteiger partial charge < -0.3 is 5.32 Å². The zero-order chi connectivity index (χ0) is 13.9. The lowest BCUT2D eigenvalue weighted by atomic mass is 10.1. The molecule has 1 aromatic rings. The van der Waals surface area contributed by atoms with Gasteiger partial charge in [0.25, 0.3) is 0 Å². The van der Waals surface area contributed by atoms with Crippen LogP contribution in [0.25, 0.3) is 0 Å². The van der Waals surface area contributed by atoms with Gasteiger partial charge in [0.05, 0.1) is 18.4 Å². The molecule has 0 aliphatic carbocycles. The van der Waals surface area contributed by atoms with E-state index in [1.165, 1.54) is 12.6 Å². The summed E-state index contributed by atoms with van der Waals surface area (Å²) in [6, 6.07) is 10.3. The van der Waals surface area contributed by atoms with Crippen LogP contribution in [0.2, 0.25) is 0 Å². The molecule has 0 saturated carbocycles. The van der Waals surface area contributed by atoms with Crippen molar-refractivity contribution in [1.82, 2.24) is 10.5 Å². The van der Waals surface area contributed by atoms with Gasteiger partial charge in [-0.05, 0) is 24.9 Å². The van der Waals surface area contributed by atoms with Crippen molar-refractivity contribution < 1.29 is 4.84 Å². The smallest absolute Gasteiger partial charge is 0.0888 e. The lowest BCUT2D eigenvalue weighted by Gasteiger charge is -2.19. The maximum absolute atomic E-state index is 10.3. The maximum atomic E-state index is 10.3. The van der Waals surface area contributed by atoms with Gasteiger partial charge in [-0.1, -0.05) is 43.7 Å². The largest absolute Gasteiger partial charge is 0.313 e. The Balaban J connectivity index is 2.22. The van der Waals surface area contributed by atoms with Crippen LogP contribution >= 0.6 is 0 Å². The van der Waals surface area contributed by atoms with Crippen LogP contribution in [-0.2, 0) is 11.4 Å². The first-order chi connectivity index (χ1) is 9.26. The first kappa shape index (κ1) is 15.6. The van der Waals surface area contributed by atoms with E-state index in [-0.39, 0.29) is 6.10 Å². The van der Waals surface area contributed by atoms with Gasteiger partial charge in [-0.15, -0.1) is 10.1 Å². The van der Waals surface area contributed by atoms with Crippen LogP contribution in [0.3, 0.4) is 0 Å². The molecule has 0 spiro atoms. The van der Waals surface area contributed by atoms with Crippen LogP contribution in [0.15, 0.2) is 35.6 Å². The Morgan fingerprint density at radius 1 is 1.32 bits per heavy atom. The topological polar surface area (TPSA) is 53.9 Å². The van der Waals surface area contributed by atoms with E-state index in [1.54, 1.807) is 0 Å². The molecule has 0 bridgehead atoms. The van der Waals surface area contributed by atoms with Gasteiger partial charge in [0.2, 0.25) is 0 Å². The van der Waals surface area contributed by atoms with Crippen LogP contribution < -0.4 is 5.32 Å². The minimum Gasteiger partial charge on any atom is -0.313 e. The molecule has 1 rings (SSSR count). The molecule has 1 atom stereocenters. The van der Waals surface area contributed by atoms with Crippen molar-refractivity contribution in [3.63, 3.8) is 0 Å². The number of hydrogen-bond donors (Lipinski definition) is 1. The summed E-state index contributed by atoms with van der Waals surface area (Å²) < 4.78 is 0. The predicted octanol–water partition coefficient (Wildman–Crippen LogP) is 2.88. The maximum Gasteiger partial charge on any atom is 0.0888 e. The molecule has 1 unspecified atom stereocenters.